The summed E-state index contributed by atoms with van der Waals surface area (Å²) in [7, 11) is 0. The molecule has 6 heteroatoms. The number of esters is 3. The van der Waals surface area contributed by atoms with Crippen LogP contribution in [0.25, 0.3) is 0 Å². The van der Waals surface area contributed by atoms with Crippen molar-refractivity contribution in [2.45, 2.75) is 451 Å². The van der Waals surface area contributed by atoms with Crippen LogP contribution in [0.2, 0.25) is 0 Å². The van der Waals surface area contributed by atoms with Gasteiger partial charge in [0.15, 0.2) is 6.10 Å². The minimum absolute atomic E-state index is 0.0630. The van der Waals surface area contributed by atoms with Crippen molar-refractivity contribution in [2.24, 2.45) is 0 Å². The van der Waals surface area contributed by atoms with Gasteiger partial charge in [0.05, 0.1) is 0 Å². The van der Waals surface area contributed by atoms with Crippen molar-refractivity contribution < 1.29 is 28.6 Å². The van der Waals surface area contributed by atoms with Gasteiger partial charge in [-0.05, 0) is 44.9 Å². The minimum atomic E-state index is -0.763. The van der Waals surface area contributed by atoms with E-state index in [1.807, 2.05) is 0 Å². The van der Waals surface area contributed by atoms with Crippen LogP contribution in [-0.2, 0) is 28.6 Å². The summed E-state index contributed by atoms with van der Waals surface area (Å²) in [5.41, 5.74) is 0. The van der Waals surface area contributed by atoms with E-state index in [9.17, 15) is 14.4 Å². The standard InChI is InChI=1S/C77H148O6/c1-4-7-10-13-16-18-20-22-24-26-28-30-32-34-36-38-39-40-42-43-45-47-49-51-53-55-57-59-61-64-67-70-76(79)82-73-74(72-81-75(78)69-66-63-15-12-9-6-3)83-77(80)71-68-65-62-60-58-56-54-52-50-48-46-44-41-37-35-33-31-29-27-25-23-21-19-17-14-11-8-5-2/h26,28,74H,4-25,27,29-73H2,1-3H3/b28-26-. The van der Waals surface area contributed by atoms with E-state index in [0.717, 1.165) is 57.8 Å². The summed E-state index contributed by atoms with van der Waals surface area (Å²) < 4.78 is 16.9. The number of allylic oxidation sites excluding steroid dienone is 2. The van der Waals surface area contributed by atoms with Crippen LogP contribution in [0, 0.1) is 0 Å². The molecule has 492 valence electrons. The predicted molar refractivity (Wildman–Crippen MR) is 363 cm³/mol. The quantitative estimate of drug-likeness (QED) is 0.0261. The highest BCUT2D eigenvalue weighted by molar-refractivity contribution is 5.71. The fourth-order valence-electron chi connectivity index (χ4n) is 12.0. The van der Waals surface area contributed by atoms with E-state index in [-0.39, 0.29) is 31.1 Å². The molecule has 0 saturated heterocycles. The molecule has 83 heavy (non-hydrogen) atoms. The maximum absolute atomic E-state index is 12.9. The van der Waals surface area contributed by atoms with E-state index in [0.29, 0.717) is 19.3 Å². The largest absolute Gasteiger partial charge is 0.462 e. The van der Waals surface area contributed by atoms with Gasteiger partial charge >= 0.3 is 17.9 Å². The average Bonchev–Trinajstić information content (AvgIpc) is 3.48. The Morgan fingerprint density at radius 1 is 0.229 bits per heavy atom. The van der Waals surface area contributed by atoms with Crippen LogP contribution >= 0.6 is 0 Å². The van der Waals surface area contributed by atoms with Crippen LogP contribution in [0.3, 0.4) is 0 Å². The molecule has 0 amide bonds. The van der Waals surface area contributed by atoms with Crippen molar-refractivity contribution in [2.75, 3.05) is 13.2 Å². The molecule has 0 saturated carbocycles. The van der Waals surface area contributed by atoms with Crippen LogP contribution in [0.15, 0.2) is 12.2 Å². The van der Waals surface area contributed by atoms with E-state index in [2.05, 4.69) is 32.9 Å². The molecule has 0 aliphatic heterocycles. The van der Waals surface area contributed by atoms with Gasteiger partial charge in [0.2, 0.25) is 0 Å². The van der Waals surface area contributed by atoms with Gasteiger partial charge in [0.1, 0.15) is 13.2 Å². The summed E-state index contributed by atoms with van der Waals surface area (Å²) in [5, 5.41) is 0. The first kappa shape index (κ1) is 81.2. The Kier molecular flexibility index (Phi) is 71.0. The van der Waals surface area contributed by atoms with E-state index in [1.54, 1.807) is 0 Å². The number of rotatable bonds is 72. The SMILES string of the molecule is CCCCCCCCCC/C=C\CCCCCCCCCCCCCCCCCCCCCC(=O)OCC(COC(=O)CCCCCCCC)OC(=O)CCCCCCCCCCCCCCCCCCCCCCCCCCCCCC. The second kappa shape index (κ2) is 72.6. The fourth-order valence-corrected chi connectivity index (χ4v) is 12.0. The fraction of sp³-hybridized carbons (Fsp3) is 0.935. The molecule has 0 fully saturated rings. The van der Waals surface area contributed by atoms with Crippen molar-refractivity contribution in [1.29, 1.82) is 0 Å². The highest BCUT2D eigenvalue weighted by Crippen LogP contribution is 2.20. The molecule has 0 aromatic heterocycles. The van der Waals surface area contributed by atoms with E-state index in [4.69, 9.17) is 14.2 Å². The molecule has 0 radical (unpaired) electrons. The van der Waals surface area contributed by atoms with Crippen molar-refractivity contribution in [1.82, 2.24) is 0 Å². The first-order valence-electron chi connectivity index (χ1n) is 38.2. The first-order chi connectivity index (χ1) is 41.0. The molecule has 0 aromatic carbocycles. The first-order valence-corrected chi connectivity index (χ1v) is 38.2. The summed E-state index contributed by atoms with van der Waals surface area (Å²) in [4.78, 5) is 38.2. The van der Waals surface area contributed by atoms with Crippen LogP contribution in [0.5, 0.6) is 0 Å². The van der Waals surface area contributed by atoms with Crippen LogP contribution in [0.1, 0.15) is 445 Å². The number of carbonyl (C=O) groups excluding carboxylic acids is 3. The van der Waals surface area contributed by atoms with Crippen molar-refractivity contribution >= 4 is 17.9 Å². The molecule has 0 N–H and O–H groups in total. The van der Waals surface area contributed by atoms with Gasteiger partial charge in [0.25, 0.3) is 0 Å². The molecule has 0 rings (SSSR count). The number of ether oxygens (including phenoxy) is 3. The van der Waals surface area contributed by atoms with Gasteiger partial charge in [-0.25, -0.2) is 0 Å². The van der Waals surface area contributed by atoms with Gasteiger partial charge in [-0.1, -0.05) is 392 Å². The summed E-state index contributed by atoms with van der Waals surface area (Å²) in [6, 6.07) is 0. The Labute approximate surface area is 520 Å². The summed E-state index contributed by atoms with van der Waals surface area (Å²) in [6.45, 7) is 6.67. The smallest absolute Gasteiger partial charge is 0.306 e. The van der Waals surface area contributed by atoms with E-state index >= 15 is 0 Å². The minimum Gasteiger partial charge on any atom is -0.462 e. The molecule has 0 aliphatic rings. The zero-order valence-corrected chi connectivity index (χ0v) is 56.8. The van der Waals surface area contributed by atoms with E-state index < -0.39 is 6.10 Å². The number of hydrogen-bond acceptors (Lipinski definition) is 6. The Hall–Kier alpha value is -1.85. The molecule has 0 aromatic rings. The number of unbranched alkanes of at least 4 members (excludes halogenated alkanes) is 59. The Bertz CT molecular complexity index is 1300. The highest BCUT2D eigenvalue weighted by Gasteiger charge is 2.20. The average molecular weight is 1170 g/mol. The maximum Gasteiger partial charge on any atom is 0.306 e. The number of carbonyl (C=O) groups is 3. The predicted octanol–water partition coefficient (Wildman–Crippen LogP) is 26.3. The molecule has 0 heterocycles. The zero-order chi connectivity index (χ0) is 59.9. The summed E-state index contributed by atoms with van der Waals surface area (Å²) in [5.74, 6) is -0.838. The lowest BCUT2D eigenvalue weighted by Crippen LogP contribution is -2.30. The van der Waals surface area contributed by atoms with Crippen molar-refractivity contribution in [3.8, 4) is 0 Å². The topological polar surface area (TPSA) is 78.9 Å². The molecular weight excluding hydrogens is 1020 g/mol. The van der Waals surface area contributed by atoms with Crippen molar-refractivity contribution in [3.63, 3.8) is 0 Å². The summed E-state index contributed by atoms with van der Waals surface area (Å²) in [6.07, 6.45) is 88.9. The third-order valence-corrected chi connectivity index (χ3v) is 17.8. The van der Waals surface area contributed by atoms with Gasteiger partial charge < -0.3 is 14.2 Å². The van der Waals surface area contributed by atoms with Crippen LogP contribution in [-0.4, -0.2) is 37.2 Å². The number of hydrogen-bond donors (Lipinski definition) is 0. The lowest BCUT2D eigenvalue weighted by Gasteiger charge is -2.18. The Morgan fingerprint density at radius 3 is 0.602 bits per heavy atom. The lowest BCUT2D eigenvalue weighted by molar-refractivity contribution is -0.167. The molecular formula is C77H148O6. The second-order valence-corrected chi connectivity index (χ2v) is 26.3. The van der Waals surface area contributed by atoms with Crippen LogP contribution < -0.4 is 0 Å². The summed E-state index contributed by atoms with van der Waals surface area (Å²) >= 11 is 0. The van der Waals surface area contributed by atoms with Crippen molar-refractivity contribution in [3.05, 3.63) is 12.2 Å². The highest BCUT2D eigenvalue weighted by atomic mass is 16.6. The normalized spacial score (nSPS) is 12.0. The Morgan fingerprint density at radius 2 is 0.398 bits per heavy atom. The monoisotopic (exact) mass is 1170 g/mol. The third-order valence-electron chi connectivity index (χ3n) is 17.8. The van der Waals surface area contributed by atoms with Gasteiger partial charge in [-0.2, -0.15) is 0 Å². The molecule has 0 bridgehead atoms. The molecule has 0 aliphatic carbocycles. The maximum atomic E-state index is 12.9. The molecule has 0 spiro atoms. The Balaban J connectivity index is 3.91. The van der Waals surface area contributed by atoms with Gasteiger partial charge in [-0.15, -0.1) is 0 Å². The lowest BCUT2D eigenvalue weighted by atomic mass is 10.0. The van der Waals surface area contributed by atoms with Gasteiger partial charge in [-0.3, -0.25) is 14.4 Å². The second-order valence-electron chi connectivity index (χ2n) is 26.3. The molecule has 1 unspecified atom stereocenters. The third kappa shape index (κ3) is 70.8. The van der Waals surface area contributed by atoms with E-state index in [1.165, 1.54) is 347 Å². The van der Waals surface area contributed by atoms with Crippen LogP contribution in [0.4, 0.5) is 0 Å². The zero-order valence-electron chi connectivity index (χ0n) is 56.8. The van der Waals surface area contributed by atoms with Gasteiger partial charge in [0, 0.05) is 19.3 Å². The molecule has 6 nitrogen and oxygen atoms in total. The molecule has 1 atom stereocenters.